The zero-order chi connectivity index (χ0) is 19.4. The fourth-order valence-electron chi connectivity index (χ4n) is 2.70. The van der Waals surface area contributed by atoms with Gasteiger partial charge in [-0.3, -0.25) is 14.9 Å². The molecule has 0 atom stereocenters. The predicted molar refractivity (Wildman–Crippen MR) is 98.7 cm³/mol. The van der Waals surface area contributed by atoms with E-state index in [1.807, 2.05) is 0 Å². The van der Waals surface area contributed by atoms with Crippen LogP contribution in [0.3, 0.4) is 0 Å². The number of carbonyl (C=O) groups excluding carboxylic acids is 2. The maximum Gasteiger partial charge on any atom is 0.410 e. The molecule has 3 rings (SSSR count). The number of carbonyl (C=O) groups is 2. The third-order valence-corrected chi connectivity index (χ3v) is 5.01. The summed E-state index contributed by atoms with van der Waals surface area (Å²) in [6.45, 7) is 3.04. The van der Waals surface area contributed by atoms with Crippen molar-refractivity contribution < 1.29 is 19.2 Å². The fraction of sp³-hybridized carbons (Fsp3) is 0.353. The number of thiazole rings is 1. The predicted octanol–water partition coefficient (Wildman–Crippen LogP) is 2.75. The van der Waals surface area contributed by atoms with E-state index in [9.17, 15) is 19.7 Å². The van der Waals surface area contributed by atoms with E-state index in [0.29, 0.717) is 36.8 Å². The highest BCUT2D eigenvalue weighted by Gasteiger charge is 2.25. The van der Waals surface area contributed by atoms with Gasteiger partial charge in [-0.05, 0) is 12.5 Å². The lowest BCUT2D eigenvalue weighted by atomic mass is 10.1. The molecule has 0 unspecified atom stereocenters. The second kappa shape index (κ2) is 8.12. The lowest BCUT2D eigenvalue weighted by Crippen LogP contribution is -2.35. The Morgan fingerprint density at radius 3 is 2.78 bits per heavy atom. The van der Waals surface area contributed by atoms with Gasteiger partial charge in [-0.2, -0.15) is 0 Å². The first-order chi connectivity index (χ1) is 13.0. The van der Waals surface area contributed by atoms with Crippen molar-refractivity contribution in [2.45, 2.75) is 26.3 Å². The standard InChI is InChI=1S/C17H18N4O5S/c1-2-26-17(23)20-8-7-13-14(10-20)27-16(18-13)19-15(22)9-11-3-5-12(6-4-11)21(24)25/h3-6H,2,7-10H2,1H3,(H,18,19,22). The summed E-state index contributed by atoms with van der Waals surface area (Å²) in [7, 11) is 0. The minimum atomic E-state index is -0.483. The number of ether oxygens (including phenoxy) is 1. The summed E-state index contributed by atoms with van der Waals surface area (Å²) in [5.41, 5.74) is 1.54. The molecule has 1 aromatic carbocycles. The molecule has 1 aliphatic rings. The van der Waals surface area contributed by atoms with Gasteiger partial charge in [0.2, 0.25) is 5.91 Å². The van der Waals surface area contributed by atoms with Crippen molar-refractivity contribution in [1.82, 2.24) is 9.88 Å². The summed E-state index contributed by atoms with van der Waals surface area (Å²) in [6.07, 6.45) is 0.361. The highest BCUT2D eigenvalue weighted by molar-refractivity contribution is 7.15. The number of fused-ring (bicyclic) bond motifs is 1. The topological polar surface area (TPSA) is 115 Å². The number of nitro groups is 1. The number of nitrogens with one attached hydrogen (secondary N) is 1. The number of hydrogen-bond acceptors (Lipinski definition) is 7. The van der Waals surface area contributed by atoms with E-state index in [-0.39, 0.29) is 24.1 Å². The number of amides is 2. The van der Waals surface area contributed by atoms with E-state index in [2.05, 4.69) is 10.3 Å². The average Bonchev–Trinajstić information content (AvgIpc) is 3.03. The Morgan fingerprint density at radius 1 is 1.37 bits per heavy atom. The number of rotatable bonds is 5. The second-order valence-corrected chi connectivity index (χ2v) is 6.99. The van der Waals surface area contributed by atoms with E-state index < -0.39 is 4.92 Å². The van der Waals surface area contributed by atoms with Crippen molar-refractivity contribution in [1.29, 1.82) is 0 Å². The molecule has 10 heteroatoms. The number of benzene rings is 1. The molecule has 0 radical (unpaired) electrons. The summed E-state index contributed by atoms with van der Waals surface area (Å²) >= 11 is 1.34. The highest BCUT2D eigenvalue weighted by atomic mass is 32.1. The molecule has 0 saturated heterocycles. The molecule has 0 fully saturated rings. The number of non-ortho nitro benzene ring substituents is 1. The van der Waals surface area contributed by atoms with Crippen LogP contribution in [0.2, 0.25) is 0 Å². The number of aromatic nitrogens is 1. The van der Waals surface area contributed by atoms with E-state index in [0.717, 1.165) is 10.6 Å². The van der Waals surface area contributed by atoms with Crippen molar-refractivity contribution in [3.63, 3.8) is 0 Å². The molecule has 1 N–H and O–H groups in total. The monoisotopic (exact) mass is 390 g/mol. The van der Waals surface area contributed by atoms with Crippen LogP contribution in [0.15, 0.2) is 24.3 Å². The first-order valence-corrected chi connectivity index (χ1v) is 9.21. The maximum absolute atomic E-state index is 12.2. The molecule has 0 bridgehead atoms. The van der Waals surface area contributed by atoms with Crippen LogP contribution < -0.4 is 5.32 Å². The third kappa shape index (κ3) is 4.59. The van der Waals surface area contributed by atoms with Gasteiger partial charge in [-0.15, -0.1) is 0 Å². The first-order valence-electron chi connectivity index (χ1n) is 8.39. The van der Waals surface area contributed by atoms with Crippen LogP contribution in [0.1, 0.15) is 23.1 Å². The number of nitrogens with zero attached hydrogens (tertiary/aromatic N) is 3. The summed E-state index contributed by atoms with van der Waals surface area (Å²) < 4.78 is 5.02. The third-order valence-electron chi connectivity index (χ3n) is 4.02. The van der Waals surface area contributed by atoms with E-state index in [1.54, 1.807) is 24.0 Å². The molecule has 1 aliphatic heterocycles. The summed E-state index contributed by atoms with van der Waals surface area (Å²) in [4.78, 5) is 41.2. The van der Waals surface area contributed by atoms with Crippen molar-refractivity contribution in [3.8, 4) is 0 Å². The average molecular weight is 390 g/mol. The molecule has 27 heavy (non-hydrogen) atoms. The van der Waals surface area contributed by atoms with Gasteiger partial charge < -0.3 is 15.0 Å². The maximum atomic E-state index is 12.2. The van der Waals surface area contributed by atoms with Crippen molar-refractivity contribution in [3.05, 3.63) is 50.5 Å². The Balaban J connectivity index is 1.59. The number of hydrogen-bond donors (Lipinski definition) is 1. The van der Waals surface area contributed by atoms with Crippen LogP contribution in [-0.2, 0) is 28.9 Å². The Morgan fingerprint density at radius 2 is 2.11 bits per heavy atom. The second-order valence-electron chi connectivity index (χ2n) is 5.91. The van der Waals surface area contributed by atoms with Gasteiger partial charge in [0.05, 0.1) is 30.2 Å². The van der Waals surface area contributed by atoms with Crippen LogP contribution in [0.25, 0.3) is 0 Å². The van der Waals surface area contributed by atoms with E-state index in [4.69, 9.17) is 4.74 Å². The van der Waals surface area contributed by atoms with Crippen LogP contribution in [-0.4, -0.2) is 40.0 Å². The number of nitro benzene ring substituents is 1. The summed E-state index contributed by atoms with van der Waals surface area (Å²) in [5, 5.41) is 13.9. The fourth-order valence-corrected chi connectivity index (χ4v) is 3.74. The summed E-state index contributed by atoms with van der Waals surface area (Å²) in [5.74, 6) is -0.253. The normalized spacial score (nSPS) is 13.0. The van der Waals surface area contributed by atoms with Crippen LogP contribution in [0.5, 0.6) is 0 Å². The molecule has 0 aliphatic carbocycles. The quantitative estimate of drug-likeness (QED) is 0.620. The summed E-state index contributed by atoms with van der Waals surface area (Å²) in [6, 6.07) is 5.85. The zero-order valence-corrected chi connectivity index (χ0v) is 15.5. The SMILES string of the molecule is CCOC(=O)N1CCc2nc(NC(=O)Cc3ccc([N+](=O)[O-])cc3)sc2C1. The molecule has 0 spiro atoms. The smallest absolute Gasteiger partial charge is 0.410 e. The molecule has 2 heterocycles. The molecular weight excluding hydrogens is 372 g/mol. The van der Waals surface area contributed by atoms with Gasteiger partial charge in [-0.1, -0.05) is 23.5 Å². The lowest BCUT2D eigenvalue weighted by Gasteiger charge is -2.24. The van der Waals surface area contributed by atoms with E-state index >= 15 is 0 Å². The lowest BCUT2D eigenvalue weighted by molar-refractivity contribution is -0.384. The highest BCUT2D eigenvalue weighted by Crippen LogP contribution is 2.28. The van der Waals surface area contributed by atoms with Crippen molar-refractivity contribution in [2.24, 2.45) is 0 Å². The Bertz CT molecular complexity index is 865. The molecule has 1 aromatic heterocycles. The molecule has 142 valence electrons. The van der Waals surface area contributed by atoms with Gasteiger partial charge in [0.1, 0.15) is 0 Å². The molecule has 0 saturated carbocycles. The van der Waals surface area contributed by atoms with Gasteiger partial charge >= 0.3 is 6.09 Å². The minimum Gasteiger partial charge on any atom is -0.450 e. The molecular formula is C17H18N4O5S. The first kappa shape index (κ1) is 18.8. The van der Waals surface area contributed by atoms with Gasteiger partial charge in [0.25, 0.3) is 5.69 Å². The Hall–Kier alpha value is -3.01. The van der Waals surface area contributed by atoms with Gasteiger partial charge in [-0.25, -0.2) is 9.78 Å². The van der Waals surface area contributed by atoms with Crippen LogP contribution in [0, 0.1) is 10.1 Å². The molecule has 2 amide bonds. The minimum absolute atomic E-state index is 0.0158. The van der Waals surface area contributed by atoms with Crippen LogP contribution in [0.4, 0.5) is 15.6 Å². The van der Waals surface area contributed by atoms with E-state index in [1.165, 1.54) is 23.5 Å². The zero-order valence-electron chi connectivity index (χ0n) is 14.6. The molecule has 9 nitrogen and oxygen atoms in total. The van der Waals surface area contributed by atoms with Gasteiger partial charge in [0.15, 0.2) is 5.13 Å². The Kier molecular flexibility index (Phi) is 5.65. The van der Waals surface area contributed by atoms with Crippen LogP contribution >= 0.6 is 11.3 Å². The number of anilines is 1. The van der Waals surface area contributed by atoms with Crippen molar-refractivity contribution in [2.75, 3.05) is 18.5 Å². The Labute approximate surface area is 159 Å². The van der Waals surface area contributed by atoms with Gasteiger partial charge in [0, 0.05) is 30.0 Å². The molecule has 2 aromatic rings. The van der Waals surface area contributed by atoms with Crippen molar-refractivity contribution >= 4 is 34.2 Å². The largest absolute Gasteiger partial charge is 0.450 e.